The van der Waals surface area contributed by atoms with Gasteiger partial charge >= 0.3 is 0 Å². The summed E-state index contributed by atoms with van der Waals surface area (Å²) in [6.45, 7) is 2.64. The van der Waals surface area contributed by atoms with Gasteiger partial charge in [0.1, 0.15) is 5.82 Å². The second-order valence-corrected chi connectivity index (χ2v) is 5.69. The average molecular weight is 350 g/mol. The third kappa shape index (κ3) is 3.91. The summed E-state index contributed by atoms with van der Waals surface area (Å²) >= 11 is 3.29. The fraction of sp³-hybridized carbons (Fsp3) is 0.235. The molecule has 0 atom stereocenters. The van der Waals surface area contributed by atoms with Crippen molar-refractivity contribution < 1.29 is 9.18 Å². The van der Waals surface area contributed by atoms with Crippen molar-refractivity contribution >= 4 is 27.5 Å². The van der Waals surface area contributed by atoms with E-state index in [0.717, 1.165) is 18.5 Å². The molecule has 110 valence electrons. The van der Waals surface area contributed by atoms with Crippen molar-refractivity contribution in [3.63, 3.8) is 0 Å². The Morgan fingerprint density at radius 1 is 1.19 bits per heavy atom. The largest absolute Gasteiger partial charge is 0.308 e. The van der Waals surface area contributed by atoms with Crippen LogP contribution in [0.3, 0.4) is 0 Å². The maximum Gasteiger partial charge on any atom is 0.261 e. The normalized spacial score (nSPS) is 10.4. The maximum atomic E-state index is 13.9. The Bertz CT molecular complexity index is 615. The van der Waals surface area contributed by atoms with Crippen molar-refractivity contribution in [1.29, 1.82) is 0 Å². The van der Waals surface area contributed by atoms with Crippen LogP contribution < -0.4 is 4.90 Å². The molecule has 2 aromatic carbocycles. The number of carbonyl (C=O) groups is 1. The van der Waals surface area contributed by atoms with Crippen LogP contribution in [0, 0.1) is 5.82 Å². The van der Waals surface area contributed by atoms with E-state index in [2.05, 4.69) is 22.9 Å². The van der Waals surface area contributed by atoms with Crippen molar-refractivity contribution in [2.45, 2.75) is 19.8 Å². The molecule has 0 spiro atoms. The molecule has 0 N–H and O–H groups in total. The summed E-state index contributed by atoms with van der Waals surface area (Å²) in [5.41, 5.74) is 0.875. The highest BCUT2D eigenvalue weighted by Gasteiger charge is 2.20. The lowest BCUT2D eigenvalue weighted by Crippen LogP contribution is -2.32. The number of nitrogens with zero attached hydrogens (tertiary/aromatic N) is 1. The minimum atomic E-state index is -0.499. The lowest BCUT2D eigenvalue weighted by Gasteiger charge is -2.23. The van der Waals surface area contributed by atoms with Crippen molar-refractivity contribution in [3.05, 3.63) is 64.4 Å². The van der Waals surface area contributed by atoms with Crippen molar-refractivity contribution in [3.8, 4) is 0 Å². The van der Waals surface area contributed by atoms with Crippen LogP contribution in [-0.4, -0.2) is 12.5 Å². The number of carbonyl (C=O) groups excluding carboxylic acids is 1. The molecule has 0 aliphatic rings. The Kier molecular flexibility index (Phi) is 5.51. The molecule has 1 amide bonds. The molecule has 0 bridgehead atoms. The fourth-order valence-corrected chi connectivity index (χ4v) is 2.44. The Hall–Kier alpha value is -1.68. The first-order chi connectivity index (χ1) is 10.1. The molecule has 0 aliphatic heterocycles. The van der Waals surface area contributed by atoms with E-state index in [-0.39, 0.29) is 11.5 Å². The molecule has 0 aliphatic carbocycles. The van der Waals surface area contributed by atoms with E-state index in [4.69, 9.17) is 0 Å². The topological polar surface area (TPSA) is 20.3 Å². The minimum Gasteiger partial charge on any atom is -0.308 e. The van der Waals surface area contributed by atoms with Gasteiger partial charge in [-0.1, -0.05) is 47.5 Å². The zero-order valence-corrected chi connectivity index (χ0v) is 13.4. The van der Waals surface area contributed by atoms with Gasteiger partial charge in [-0.05, 0) is 36.8 Å². The van der Waals surface area contributed by atoms with Gasteiger partial charge in [0.05, 0.1) is 5.56 Å². The number of amides is 1. The predicted octanol–water partition coefficient (Wildman–Crippen LogP) is 5.04. The molecule has 2 nitrogen and oxygen atoms in total. The van der Waals surface area contributed by atoms with Crippen LogP contribution in [0.5, 0.6) is 0 Å². The quantitative estimate of drug-likeness (QED) is 0.740. The highest BCUT2D eigenvalue weighted by atomic mass is 79.9. The Morgan fingerprint density at radius 2 is 1.90 bits per heavy atom. The van der Waals surface area contributed by atoms with Gasteiger partial charge < -0.3 is 4.90 Å². The van der Waals surface area contributed by atoms with Gasteiger partial charge in [0.2, 0.25) is 0 Å². The number of benzene rings is 2. The summed E-state index contributed by atoms with van der Waals surface area (Å²) in [4.78, 5) is 14.3. The molecule has 4 heteroatoms. The second-order valence-electron chi connectivity index (χ2n) is 4.77. The van der Waals surface area contributed by atoms with E-state index >= 15 is 0 Å². The van der Waals surface area contributed by atoms with E-state index in [1.54, 1.807) is 11.0 Å². The number of unbranched alkanes of at least 4 members (excludes halogenated alkanes) is 1. The Labute approximate surface area is 132 Å². The average Bonchev–Trinajstić information content (AvgIpc) is 2.51. The smallest absolute Gasteiger partial charge is 0.261 e. The lowest BCUT2D eigenvalue weighted by molar-refractivity contribution is 0.0982. The molecular formula is C17H17BrFNO. The summed E-state index contributed by atoms with van der Waals surface area (Å²) in [6, 6.07) is 13.8. The van der Waals surface area contributed by atoms with Crippen LogP contribution in [0.1, 0.15) is 30.1 Å². The van der Waals surface area contributed by atoms with Crippen LogP contribution in [0.15, 0.2) is 53.0 Å². The third-order valence-electron chi connectivity index (χ3n) is 3.21. The van der Waals surface area contributed by atoms with Gasteiger partial charge in [0, 0.05) is 16.7 Å². The van der Waals surface area contributed by atoms with Crippen LogP contribution in [0.4, 0.5) is 10.1 Å². The fourth-order valence-electron chi connectivity index (χ4n) is 2.08. The van der Waals surface area contributed by atoms with Crippen molar-refractivity contribution in [1.82, 2.24) is 0 Å². The van der Waals surface area contributed by atoms with E-state index in [9.17, 15) is 9.18 Å². The van der Waals surface area contributed by atoms with Gasteiger partial charge in [-0.15, -0.1) is 0 Å². The Morgan fingerprint density at radius 3 is 2.57 bits per heavy atom. The molecule has 21 heavy (non-hydrogen) atoms. The van der Waals surface area contributed by atoms with Crippen LogP contribution in [0.25, 0.3) is 0 Å². The first-order valence-corrected chi connectivity index (χ1v) is 7.74. The van der Waals surface area contributed by atoms with Crippen molar-refractivity contribution in [2.24, 2.45) is 0 Å². The second kappa shape index (κ2) is 7.36. The summed E-state index contributed by atoms with van der Waals surface area (Å²) in [7, 11) is 0. The zero-order valence-electron chi connectivity index (χ0n) is 11.9. The molecule has 0 saturated heterocycles. The predicted molar refractivity (Wildman–Crippen MR) is 87.1 cm³/mol. The molecule has 2 aromatic rings. The highest BCUT2D eigenvalue weighted by molar-refractivity contribution is 9.10. The monoisotopic (exact) mass is 349 g/mol. The van der Waals surface area contributed by atoms with E-state index in [0.29, 0.717) is 11.0 Å². The van der Waals surface area contributed by atoms with Gasteiger partial charge in [0.25, 0.3) is 5.91 Å². The lowest BCUT2D eigenvalue weighted by atomic mass is 10.1. The van der Waals surface area contributed by atoms with Gasteiger partial charge in [-0.2, -0.15) is 0 Å². The number of hydrogen-bond donors (Lipinski definition) is 0. The number of hydrogen-bond acceptors (Lipinski definition) is 1. The number of anilines is 1. The number of rotatable bonds is 5. The Balaban J connectivity index is 2.36. The highest BCUT2D eigenvalue weighted by Crippen LogP contribution is 2.21. The first kappa shape index (κ1) is 15.7. The molecule has 0 aromatic heterocycles. The first-order valence-electron chi connectivity index (χ1n) is 6.95. The summed E-state index contributed by atoms with van der Waals surface area (Å²) in [5.74, 6) is -0.811. The van der Waals surface area contributed by atoms with E-state index in [1.807, 2.05) is 30.3 Å². The standard InChI is InChI=1S/C17H17BrFNO/c1-2-3-11-20(14-7-5-4-6-8-14)17(21)15-12-13(18)9-10-16(15)19/h4-10,12H,2-3,11H2,1H3. The third-order valence-corrected chi connectivity index (χ3v) is 3.70. The maximum absolute atomic E-state index is 13.9. The number of para-hydroxylation sites is 1. The molecule has 0 heterocycles. The van der Waals surface area contributed by atoms with Gasteiger partial charge in [-0.3, -0.25) is 4.79 Å². The van der Waals surface area contributed by atoms with Crippen molar-refractivity contribution in [2.75, 3.05) is 11.4 Å². The van der Waals surface area contributed by atoms with Crippen LogP contribution in [-0.2, 0) is 0 Å². The summed E-state index contributed by atoms with van der Waals surface area (Å²) in [6.07, 6.45) is 1.84. The van der Waals surface area contributed by atoms with Crippen LogP contribution >= 0.6 is 15.9 Å². The molecule has 2 rings (SSSR count). The summed E-state index contributed by atoms with van der Waals surface area (Å²) in [5, 5.41) is 0. The van der Waals surface area contributed by atoms with Gasteiger partial charge in [0.15, 0.2) is 0 Å². The summed E-state index contributed by atoms with van der Waals surface area (Å²) < 4.78 is 14.6. The minimum absolute atomic E-state index is 0.0873. The van der Waals surface area contributed by atoms with E-state index < -0.39 is 5.82 Å². The molecule has 0 saturated carbocycles. The van der Waals surface area contributed by atoms with Gasteiger partial charge in [-0.25, -0.2) is 4.39 Å². The van der Waals surface area contributed by atoms with E-state index in [1.165, 1.54) is 12.1 Å². The molecule has 0 fully saturated rings. The SMILES string of the molecule is CCCCN(C(=O)c1cc(Br)ccc1F)c1ccccc1. The molecule has 0 radical (unpaired) electrons. The van der Waals surface area contributed by atoms with Crippen LogP contribution in [0.2, 0.25) is 0 Å². The zero-order chi connectivity index (χ0) is 15.2. The number of halogens is 2. The molecular weight excluding hydrogens is 333 g/mol. The molecule has 0 unspecified atom stereocenters.